The zero-order valence-electron chi connectivity index (χ0n) is 15.2. The zero-order chi connectivity index (χ0) is 19.7. The van der Waals surface area contributed by atoms with E-state index in [1.54, 1.807) is 30.8 Å². The Bertz CT molecular complexity index is 954. The molecule has 0 aromatic heterocycles. The number of rotatable bonds is 4. The quantitative estimate of drug-likeness (QED) is 0.727. The predicted octanol–water partition coefficient (Wildman–Crippen LogP) is 3.71. The number of thioether (sulfide) groups is 1. The van der Waals surface area contributed by atoms with Crippen molar-refractivity contribution in [1.29, 1.82) is 0 Å². The Kier molecular flexibility index (Phi) is 5.09. The Morgan fingerprint density at radius 1 is 1.21 bits per heavy atom. The van der Waals surface area contributed by atoms with E-state index in [1.807, 2.05) is 30.3 Å². The van der Waals surface area contributed by atoms with Crippen molar-refractivity contribution in [3.05, 3.63) is 64.7 Å². The van der Waals surface area contributed by atoms with Gasteiger partial charge in [0.25, 0.3) is 0 Å². The molecule has 2 aromatic rings. The maximum absolute atomic E-state index is 12.9. The Morgan fingerprint density at radius 2 is 2.04 bits per heavy atom. The maximum atomic E-state index is 12.9. The van der Waals surface area contributed by atoms with Crippen molar-refractivity contribution in [1.82, 2.24) is 0 Å². The molecule has 7 heteroatoms. The van der Waals surface area contributed by atoms with Gasteiger partial charge < -0.3 is 14.2 Å². The summed E-state index contributed by atoms with van der Waals surface area (Å²) in [4.78, 5) is 37.0. The Hall–Kier alpha value is -2.80. The summed E-state index contributed by atoms with van der Waals surface area (Å²) >= 11 is 1.59. The Labute approximate surface area is 166 Å². The van der Waals surface area contributed by atoms with Gasteiger partial charge in [-0.15, -0.1) is 11.8 Å². The topological polar surface area (TPSA) is 78.9 Å². The Morgan fingerprint density at radius 3 is 2.82 bits per heavy atom. The van der Waals surface area contributed by atoms with Crippen LogP contribution in [0.25, 0.3) is 0 Å². The summed E-state index contributed by atoms with van der Waals surface area (Å²) < 4.78 is 14.8. The molecule has 2 aliphatic heterocycles. The first-order valence-electron chi connectivity index (χ1n) is 8.92. The molecule has 0 N–H and O–H groups in total. The van der Waals surface area contributed by atoms with Crippen LogP contribution in [0.15, 0.2) is 47.4 Å². The van der Waals surface area contributed by atoms with Gasteiger partial charge in [0.1, 0.15) is 13.2 Å². The highest BCUT2D eigenvalue weighted by Crippen LogP contribution is 2.35. The third-order valence-corrected chi connectivity index (χ3v) is 5.91. The van der Waals surface area contributed by atoms with Crippen LogP contribution in [-0.2, 0) is 24.8 Å². The smallest absolute Gasteiger partial charge is 0.461 e. The molecule has 1 fully saturated rings. The van der Waals surface area contributed by atoms with Crippen LogP contribution in [0.1, 0.15) is 39.9 Å². The van der Waals surface area contributed by atoms with Crippen molar-refractivity contribution in [2.24, 2.45) is 0 Å². The minimum Gasteiger partial charge on any atom is -0.461 e. The normalized spacial score (nSPS) is 19.0. The summed E-state index contributed by atoms with van der Waals surface area (Å²) in [5.41, 5.74) is 3.15. The van der Waals surface area contributed by atoms with E-state index >= 15 is 0 Å². The molecule has 2 unspecified atom stereocenters. The van der Waals surface area contributed by atoms with E-state index in [1.165, 1.54) is 0 Å². The largest absolute Gasteiger partial charge is 0.508 e. The van der Waals surface area contributed by atoms with Gasteiger partial charge in [-0.1, -0.05) is 30.3 Å². The van der Waals surface area contributed by atoms with Crippen LogP contribution in [0.4, 0.5) is 4.79 Å². The van der Waals surface area contributed by atoms with Crippen LogP contribution in [0, 0.1) is 0 Å². The van der Waals surface area contributed by atoms with E-state index in [0.29, 0.717) is 11.3 Å². The van der Waals surface area contributed by atoms with Crippen molar-refractivity contribution in [3.63, 3.8) is 0 Å². The highest BCUT2D eigenvalue weighted by atomic mass is 32.2. The molecule has 6 nitrogen and oxygen atoms in total. The molecule has 0 amide bonds. The van der Waals surface area contributed by atoms with Crippen LogP contribution in [0.3, 0.4) is 0 Å². The van der Waals surface area contributed by atoms with E-state index in [2.05, 4.69) is 4.74 Å². The summed E-state index contributed by atoms with van der Waals surface area (Å²) in [6.45, 7) is 1.79. The minimum atomic E-state index is -0.748. The lowest BCUT2D eigenvalue weighted by Gasteiger charge is -2.15. The molecule has 2 atom stereocenters. The molecule has 0 saturated carbocycles. The summed E-state index contributed by atoms with van der Waals surface area (Å²) in [5.74, 6) is -0.231. The van der Waals surface area contributed by atoms with E-state index < -0.39 is 24.1 Å². The average molecular weight is 398 g/mol. The summed E-state index contributed by atoms with van der Waals surface area (Å²) in [7, 11) is 0. The van der Waals surface area contributed by atoms with Crippen molar-refractivity contribution in [3.8, 4) is 0 Å². The molecule has 2 aromatic carbocycles. The van der Waals surface area contributed by atoms with E-state index in [4.69, 9.17) is 9.47 Å². The van der Waals surface area contributed by atoms with Crippen molar-refractivity contribution in [2.45, 2.75) is 29.6 Å². The molecule has 0 aliphatic carbocycles. The molecule has 28 heavy (non-hydrogen) atoms. The predicted molar refractivity (Wildman–Crippen MR) is 101 cm³/mol. The van der Waals surface area contributed by atoms with Gasteiger partial charge in [-0.05, 0) is 30.2 Å². The fraction of sp³-hybridized carbons (Fsp3) is 0.286. The first-order valence-corrected chi connectivity index (χ1v) is 9.91. The number of carbonyl (C=O) groups is 3. The van der Waals surface area contributed by atoms with Crippen molar-refractivity contribution in [2.75, 3.05) is 13.2 Å². The molecule has 144 valence electrons. The zero-order valence-corrected chi connectivity index (χ0v) is 16.0. The molecule has 2 heterocycles. The first-order chi connectivity index (χ1) is 13.5. The van der Waals surface area contributed by atoms with Gasteiger partial charge in [-0.3, -0.25) is 9.59 Å². The second kappa shape index (κ2) is 7.67. The van der Waals surface area contributed by atoms with E-state index in [0.717, 1.165) is 21.6 Å². The number of hydrogen-bond donors (Lipinski definition) is 0. The number of carbonyl (C=O) groups excluding carboxylic acids is 3. The number of hydrogen-bond acceptors (Lipinski definition) is 7. The molecule has 0 radical (unpaired) electrons. The highest BCUT2D eigenvalue weighted by molar-refractivity contribution is 7.98. The third kappa shape index (κ3) is 3.62. The van der Waals surface area contributed by atoms with Gasteiger partial charge in [0, 0.05) is 21.8 Å². The van der Waals surface area contributed by atoms with E-state index in [-0.39, 0.29) is 19.0 Å². The van der Waals surface area contributed by atoms with Gasteiger partial charge in [-0.25, -0.2) is 4.79 Å². The molecular weight excluding hydrogens is 380 g/mol. The maximum Gasteiger partial charge on any atom is 0.508 e. The highest BCUT2D eigenvalue weighted by Gasteiger charge is 2.28. The monoisotopic (exact) mass is 398 g/mol. The second-order valence-corrected chi connectivity index (χ2v) is 7.70. The lowest BCUT2D eigenvalue weighted by Crippen LogP contribution is -2.23. The number of benzene rings is 2. The molecule has 0 bridgehead atoms. The number of fused-ring (bicyclic) bond motifs is 2. The fourth-order valence-corrected chi connectivity index (χ4v) is 4.27. The number of ether oxygens (including phenoxy) is 3. The summed E-state index contributed by atoms with van der Waals surface area (Å²) in [6.07, 6.45) is -1.31. The molecule has 2 aliphatic rings. The third-order valence-electron chi connectivity index (χ3n) is 4.81. The van der Waals surface area contributed by atoms with E-state index in [9.17, 15) is 14.4 Å². The molecule has 0 spiro atoms. The van der Waals surface area contributed by atoms with Gasteiger partial charge in [0.15, 0.2) is 11.9 Å². The molecule has 1 saturated heterocycles. The standard InChI is InChI=1S/C21H18O6S/c1-12(20(23)25-9-15-10-26-21(24)27-15)13-6-7-17-18(8-13)28-11-14-4-2-3-5-16(14)19(17)22/h2-8,12,15H,9-11H2,1H3. The van der Waals surface area contributed by atoms with Crippen LogP contribution >= 0.6 is 11.8 Å². The van der Waals surface area contributed by atoms with Gasteiger partial charge >= 0.3 is 12.1 Å². The first kappa shape index (κ1) is 18.6. The average Bonchev–Trinajstić information content (AvgIpc) is 3.08. The molecule has 4 rings (SSSR count). The Balaban J connectivity index is 1.48. The van der Waals surface area contributed by atoms with Crippen LogP contribution in [0.5, 0.6) is 0 Å². The number of cyclic esters (lactones) is 2. The summed E-state index contributed by atoms with van der Waals surface area (Å²) in [5, 5.41) is 0. The lowest BCUT2D eigenvalue weighted by molar-refractivity contribution is -0.147. The SMILES string of the molecule is CC(C(=O)OCC1COC(=O)O1)c1ccc2c(c1)SCc1ccccc1C2=O. The fourth-order valence-electron chi connectivity index (χ4n) is 3.17. The summed E-state index contributed by atoms with van der Waals surface area (Å²) in [6, 6.07) is 13.1. The van der Waals surface area contributed by atoms with Gasteiger partial charge in [0.05, 0.1) is 5.92 Å². The van der Waals surface area contributed by atoms with Gasteiger partial charge in [-0.2, -0.15) is 0 Å². The minimum absolute atomic E-state index is 0.000397. The van der Waals surface area contributed by atoms with Gasteiger partial charge in [0.2, 0.25) is 0 Å². The van der Waals surface area contributed by atoms with Crippen LogP contribution < -0.4 is 0 Å². The number of ketones is 1. The molecular formula is C21H18O6S. The van der Waals surface area contributed by atoms with Crippen molar-refractivity contribution >= 4 is 29.7 Å². The number of esters is 1. The lowest BCUT2D eigenvalue weighted by atomic mass is 9.95. The van der Waals surface area contributed by atoms with Crippen LogP contribution in [-0.4, -0.2) is 37.2 Å². The van der Waals surface area contributed by atoms with Crippen molar-refractivity contribution < 1.29 is 28.6 Å². The second-order valence-electron chi connectivity index (χ2n) is 6.68. The van der Waals surface area contributed by atoms with Crippen LogP contribution in [0.2, 0.25) is 0 Å².